The summed E-state index contributed by atoms with van der Waals surface area (Å²) in [5.74, 6) is 2.30. The zero-order chi connectivity index (χ0) is 26.1. The lowest BCUT2D eigenvalue weighted by molar-refractivity contribution is 0.122. The molecule has 2 N–H and O–H groups in total. The monoisotopic (exact) mass is 510 g/mol. The molecule has 4 aromatic rings. The Morgan fingerprint density at radius 3 is 2.63 bits per heavy atom. The van der Waals surface area contributed by atoms with Gasteiger partial charge in [-0.25, -0.2) is 9.97 Å². The number of pyridine rings is 1. The third-order valence-corrected chi connectivity index (χ3v) is 6.83. The van der Waals surface area contributed by atoms with Crippen molar-refractivity contribution in [2.45, 2.75) is 13.0 Å². The van der Waals surface area contributed by atoms with Crippen molar-refractivity contribution in [3.05, 3.63) is 88.0 Å². The van der Waals surface area contributed by atoms with E-state index in [1.54, 1.807) is 6.07 Å². The number of benzene rings is 2. The van der Waals surface area contributed by atoms with E-state index in [1.165, 1.54) is 0 Å². The first kappa shape index (κ1) is 24.0. The highest BCUT2D eigenvalue weighted by Gasteiger charge is 2.22. The molecule has 0 radical (unpaired) electrons. The van der Waals surface area contributed by atoms with Crippen LogP contribution in [0, 0.1) is 0 Å². The molecule has 2 aliphatic rings. The number of hydrogen-bond acceptors (Lipinski definition) is 8. The molecule has 9 nitrogen and oxygen atoms in total. The molecule has 0 unspecified atom stereocenters. The molecule has 0 bridgehead atoms. The van der Waals surface area contributed by atoms with E-state index < -0.39 is 0 Å². The smallest absolute Gasteiger partial charge is 0.250 e. The molecule has 2 aromatic heterocycles. The minimum atomic E-state index is -0.129. The van der Waals surface area contributed by atoms with Gasteiger partial charge in [-0.2, -0.15) is 0 Å². The first-order valence-corrected chi connectivity index (χ1v) is 12.8. The zero-order valence-corrected chi connectivity index (χ0v) is 21.5. The number of H-pyrrole nitrogens is 1. The Morgan fingerprint density at radius 1 is 1.03 bits per heavy atom. The number of rotatable bonds is 6. The SMILES string of the molecule is CN(C)c1ncc(CNc2ccc3c(c2)Cc2cccc(-c4cc(N5CCOCC5)cc(=O)[nH]4)c2O3)cn1. The van der Waals surface area contributed by atoms with Gasteiger partial charge in [0, 0.05) is 86.7 Å². The predicted molar refractivity (Wildman–Crippen MR) is 149 cm³/mol. The number of fused-ring (bicyclic) bond motifs is 2. The second-order valence-corrected chi connectivity index (χ2v) is 9.75. The van der Waals surface area contributed by atoms with Crippen molar-refractivity contribution in [2.24, 2.45) is 0 Å². The second kappa shape index (κ2) is 10.2. The molecule has 0 atom stereocenters. The maximum absolute atomic E-state index is 12.6. The maximum atomic E-state index is 12.6. The number of nitrogens with zero attached hydrogens (tertiary/aromatic N) is 4. The van der Waals surface area contributed by atoms with E-state index in [-0.39, 0.29) is 5.56 Å². The van der Waals surface area contributed by atoms with Crippen LogP contribution < -0.4 is 25.4 Å². The van der Waals surface area contributed by atoms with Crippen LogP contribution in [0.2, 0.25) is 0 Å². The highest BCUT2D eigenvalue weighted by atomic mass is 16.5. The van der Waals surface area contributed by atoms with Gasteiger partial charge in [0.15, 0.2) is 0 Å². The van der Waals surface area contributed by atoms with Gasteiger partial charge in [-0.15, -0.1) is 0 Å². The van der Waals surface area contributed by atoms with Gasteiger partial charge in [-0.3, -0.25) is 4.79 Å². The normalized spacial score (nSPS) is 14.3. The van der Waals surface area contributed by atoms with Gasteiger partial charge >= 0.3 is 0 Å². The number of aromatic amines is 1. The summed E-state index contributed by atoms with van der Waals surface area (Å²) < 4.78 is 11.9. The third-order valence-electron chi connectivity index (χ3n) is 6.83. The van der Waals surface area contributed by atoms with Crippen molar-refractivity contribution < 1.29 is 9.47 Å². The van der Waals surface area contributed by atoms with Crippen molar-refractivity contribution in [1.82, 2.24) is 15.0 Å². The van der Waals surface area contributed by atoms with Gasteiger partial charge in [-0.05, 0) is 35.9 Å². The van der Waals surface area contributed by atoms with Gasteiger partial charge in [0.05, 0.1) is 18.9 Å². The topological polar surface area (TPSA) is 95.6 Å². The van der Waals surface area contributed by atoms with E-state index in [4.69, 9.17) is 9.47 Å². The van der Waals surface area contributed by atoms with Crippen LogP contribution in [-0.2, 0) is 17.7 Å². The van der Waals surface area contributed by atoms with Crippen molar-refractivity contribution in [1.29, 1.82) is 0 Å². The Bertz CT molecular complexity index is 1510. The van der Waals surface area contributed by atoms with Crippen LogP contribution >= 0.6 is 0 Å². The zero-order valence-electron chi connectivity index (χ0n) is 21.5. The van der Waals surface area contributed by atoms with Crippen LogP contribution in [0.3, 0.4) is 0 Å². The van der Waals surface area contributed by atoms with Gasteiger partial charge < -0.3 is 29.6 Å². The molecule has 1 fully saturated rings. The third kappa shape index (κ3) is 4.92. The summed E-state index contributed by atoms with van der Waals surface area (Å²) in [6, 6.07) is 15.9. The summed E-state index contributed by atoms with van der Waals surface area (Å²) in [5.41, 5.74) is 6.60. The van der Waals surface area contributed by atoms with Crippen LogP contribution in [0.15, 0.2) is 65.7 Å². The summed E-state index contributed by atoms with van der Waals surface area (Å²) >= 11 is 0. The standard InChI is InChI=1S/C29H30N6O3/c1-34(2)29-31-17-19(18-32-29)16-30-22-6-7-26-21(13-22)12-20-4-3-5-24(28(20)38-26)25-14-23(15-27(36)33-25)35-8-10-37-11-9-35/h3-7,13-15,17-18,30H,8-12,16H2,1-2H3,(H,33,36). The van der Waals surface area contributed by atoms with Crippen molar-refractivity contribution in [3.8, 4) is 22.8 Å². The summed E-state index contributed by atoms with van der Waals surface area (Å²) in [4.78, 5) is 28.4. The van der Waals surface area contributed by atoms with Gasteiger partial charge in [-0.1, -0.05) is 12.1 Å². The number of anilines is 3. The number of morpholine rings is 1. The Kier molecular flexibility index (Phi) is 6.43. The van der Waals surface area contributed by atoms with E-state index in [0.29, 0.717) is 25.7 Å². The fourth-order valence-electron chi connectivity index (χ4n) is 4.85. The van der Waals surface area contributed by atoms with E-state index >= 15 is 0 Å². The summed E-state index contributed by atoms with van der Waals surface area (Å²) in [6.45, 7) is 3.49. The molecule has 9 heteroatoms. The molecule has 0 spiro atoms. The molecule has 0 amide bonds. The lowest BCUT2D eigenvalue weighted by atomic mass is 9.96. The van der Waals surface area contributed by atoms with E-state index in [9.17, 15) is 4.79 Å². The Hall–Kier alpha value is -4.37. The highest BCUT2D eigenvalue weighted by molar-refractivity contribution is 5.74. The molecular formula is C29H30N6O3. The molecular weight excluding hydrogens is 480 g/mol. The highest BCUT2D eigenvalue weighted by Crippen LogP contribution is 2.43. The number of nitrogens with one attached hydrogen (secondary N) is 2. The molecule has 4 heterocycles. The minimum Gasteiger partial charge on any atom is -0.456 e. The van der Waals surface area contributed by atoms with Crippen LogP contribution in [-0.4, -0.2) is 55.4 Å². The second-order valence-electron chi connectivity index (χ2n) is 9.75. The summed E-state index contributed by atoms with van der Waals surface area (Å²) in [7, 11) is 3.84. The first-order valence-electron chi connectivity index (χ1n) is 12.8. The Labute approximate surface area is 221 Å². The van der Waals surface area contributed by atoms with Crippen molar-refractivity contribution in [2.75, 3.05) is 55.5 Å². The fraction of sp³-hybridized carbons (Fsp3) is 0.276. The van der Waals surface area contributed by atoms with E-state index in [1.807, 2.05) is 61.7 Å². The lowest BCUT2D eigenvalue weighted by Gasteiger charge is -2.29. The van der Waals surface area contributed by atoms with Crippen LogP contribution in [0.5, 0.6) is 11.5 Å². The molecule has 0 aliphatic carbocycles. The largest absolute Gasteiger partial charge is 0.456 e. The van der Waals surface area contributed by atoms with Crippen LogP contribution in [0.4, 0.5) is 17.3 Å². The first-order chi connectivity index (χ1) is 18.5. The average Bonchev–Trinajstić information content (AvgIpc) is 2.95. The molecule has 1 saturated heterocycles. The van der Waals surface area contributed by atoms with E-state index in [0.717, 1.165) is 70.3 Å². The number of aromatic nitrogens is 3. The minimum absolute atomic E-state index is 0.129. The fourth-order valence-corrected chi connectivity index (χ4v) is 4.85. The van der Waals surface area contributed by atoms with Gasteiger partial charge in [0.25, 0.3) is 0 Å². The quantitative estimate of drug-likeness (QED) is 0.353. The maximum Gasteiger partial charge on any atom is 0.250 e. The molecule has 38 heavy (non-hydrogen) atoms. The van der Waals surface area contributed by atoms with Gasteiger partial charge in [0.1, 0.15) is 11.5 Å². The number of hydrogen-bond donors (Lipinski definition) is 2. The Morgan fingerprint density at radius 2 is 1.84 bits per heavy atom. The number of para-hydroxylation sites is 1. The average molecular weight is 511 g/mol. The predicted octanol–water partition coefficient (Wildman–Crippen LogP) is 4.04. The molecule has 2 aromatic carbocycles. The summed E-state index contributed by atoms with van der Waals surface area (Å²) in [6.07, 6.45) is 4.42. The van der Waals surface area contributed by atoms with Crippen molar-refractivity contribution >= 4 is 17.3 Å². The molecule has 194 valence electrons. The van der Waals surface area contributed by atoms with Crippen molar-refractivity contribution in [3.63, 3.8) is 0 Å². The number of ether oxygens (including phenoxy) is 2. The van der Waals surface area contributed by atoms with Crippen LogP contribution in [0.25, 0.3) is 11.3 Å². The van der Waals surface area contributed by atoms with Crippen LogP contribution in [0.1, 0.15) is 16.7 Å². The molecule has 6 rings (SSSR count). The molecule has 2 aliphatic heterocycles. The Balaban J connectivity index is 1.22. The van der Waals surface area contributed by atoms with E-state index in [2.05, 4.69) is 37.3 Å². The summed E-state index contributed by atoms with van der Waals surface area (Å²) in [5, 5.41) is 3.46. The molecule has 0 saturated carbocycles. The lowest BCUT2D eigenvalue weighted by Crippen LogP contribution is -2.36. The van der Waals surface area contributed by atoms with Gasteiger partial charge in [0.2, 0.25) is 11.5 Å².